The monoisotopic (exact) mass is 626 g/mol. The normalized spacial score (nSPS) is 12.7. The lowest BCUT2D eigenvalue weighted by atomic mass is 9.81. The maximum atomic E-state index is 17.1. The molecule has 0 bridgehead atoms. The molecule has 1 aliphatic carbocycles. The lowest BCUT2D eigenvalue weighted by Crippen LogP contribution is -2.26. The Morgan fingerprint density at radius 2 is 0.761 bits per heavy atom. The van der Waals surface area contributed by atoms with Crippen molar-refractivity contribution in [3.05, 3.63) is 105 Å². The van der Waals surface area contributed by atoms with Crippen LogP contribution in [0.15, 0.2) is 48.5 Å². The van der Waals surface area contributed by atoms with Crippen LogP contribution in [-0.4, -0.2) is 21.8 Å². The average molecular weight is 627 g/mol. The Hall–Kier alpha value is -4.72. The van der Waals surface area contributed by atoms with Gasteiger partial charge in [-0.1, -0.05) is 91.8 Å². The number of aromatic hydroxyl groups is 2. The van der Waals surface area contributed by atoms with Gasteiger partial charge in [-0.3, -0.25) is 9.59 Å². The Morgan fingerprint density at radius 3 is 1.02 bits per heavy atom. The second-order valence-corrected chi connectivity index (χ2v) is 13.1. The number of hydrogen-bond acceptors (Lipinski definition) is 6. The molecule has 4 aromatic carbocycles. The molecule has 0 heterocycles. The number of phenols is 2. The molecule has 0 fully saturated rings. The number of anilines is 4. The molecule has 0 radical (unpaired) electrons. The Kier molecular flexibility index (Phi) is 8.69. The Labute approximate surface area is 268 Å². The molecule has 1 aliphatic rings. The zero-order valence-electron chi connectivity index (χ0n) is 27.4. The maximum absolute atomic E-state index is 17.1. The molecule has 0 aliphatic heterocycles. The van der Waals surface area contributed by atoms with E-state index in [0.717, 1.165) is 34.4 Å². The highest BCUT2D eigenvalue weighted by Crippen LogP contribution is 2.47. The van der Waals surface area contributed by atoms with Gasteiger partial charge in [0.2, 0.25) is 11.6 Å². The summed E-state index contributed by atoms with van der Waals surface area (Å²) in [5.41, 5.74) is 1.14. The van der Waals surface area contributed by atoms with E-state index >= 15 is 8.78 Å². The summed E-state index contributed by atoms with van der Waals surface area (Å²) in [4.78, 5) is 27.7. The molecule has 240 valence electrons. The van der Waals surface area contributed by atoms with Gasteiger partial charge < -0.3 is 20.8 Å². The largest absolute Gasteiger partial charge is 0.507 e. The van der Waals surface area contributed by atoms with Crippen LogP contribution in [0.25, 0.3) is 0 Å². The number of fused-ring (bicyclic) bond motifs is 2. The van der Waals surface area contributed by atoms with Gasteiger partial charge in [0.05, 0.1) is 22.3 Å². The quantitative estimate of drug-likeness (QED) is 0.128. The zero-order chi connectivity index (χ0) is 33.8. The first kappa shape index (κ1) is 32.7. The fourth-order valence-electron chi connectivity index (χ4n) is 6.28. The topological polar surface area (TPSA) is 98.7 Å². The second kappa shape index (κ2) is 12.2. The average Bonchev–Trinajstić information content (AvgIpc) is 2.99. The van der Waals surface area contributed by atoms with Crippen LogP contribution in [0.1, 0.15) is 133 Å². The van der Waals surface area contributed by atoms with E-state index in [0.29, 0.717) is 11.4 Å². The van der Waals surface area contributed by atoms with Crippen molar-refractivity contribution in [2.24, 2.45) is 0 Å². The minimum atomic E-state index is -1.15. The summed E-state index contributed by atoms with van der Waals surface area (Å²) >= 11 is 0. The molecule has 0 atom stereocenters. The number of carbonyl (C=O) groups is 2. The first-order valence-electron chi connectivity index (χ1n) is 15.7. The number of rotatable bonds is 8. The van der Waals surface area contributed by atoms with Gasteiger partial charge in [0.1, 0.15) is 22.9 Å². The van der Waals surface area contributed by atoms with E-state index in [1.54, 1.807) is 0 Å². The van der Waals surface area contributed by atoms with Gasteiger partial charge in [-0.05, 0) is 58.1 Å². The third-order valence-electron chi connectivity index (χ3n) is 8.69. The van der Waals surface area contributed by atoms with E-state index in [-0.39, 0.29) is 35.0 Å². The summed E-state index contributed by atoms with van der Waals surface area (Å²) < 4.78 is 34.3. The van der Waals surface area contributed by atoms with E-state index in [9.17, 15) is 19.8 Å². The van der Waals surface area contributed by atoms with Gasteiger partial charge in [-0.25, -0.2) is 8.78 Å². The van der Waals surface area contributed by atoms with Gasteiger partial charge in [0.15, 0.2) is 11.6 Å². The highest BCUT2D eigenvalue weighted by Gasteiger charge is 2.42. The van der Waals surface area contributed by atoms with Gasteiger partial charge in [-0.2, -0.15) is 0 Å². The minimum absolute atomic E-state index is 0.00682. The lowest BCUT2D eigenvalue weighted by molar-refractivity contribution is 0.0967. The van der Waals surface area contributed by atoms with Crippen LogP contribution in [0.4, 0.5) is 31.5 Å². The number of nitrogens with one attached hydrogen (secondary N) is 2. The Balaban J connectivity index is 1.89. The predicted octanol–water partition coefficient (Wildman–Crippen LogP) is 10.1. The van der Waals surface area contributed by atoms with Crippen LogP contribution in [0.2, 0.25) is 0 Å². The molecule has 5 rings (SSSR count). The highest BCUT2D eigenvalue weighted by molar-refractivity contribution is 6.31. The molecule has 0 saturated carbocycles. The maximum Gasteiger partial charge on any atom is 0.201 e. The third-order valence-corrected chi connectivity index (χ3v) is 8.69. The van der Waals surface area contributed by atoms with Crippen molar-refractivity contribution >= 4 is 34.3 Å². The highest BCUT2D eigenvalue weighted by atomic mass is 19.1. The van der Waals surface area contributed by atoms with Crippen molar-refractivity contribution in [2.75, 3.05) is 10.6 Å². The van der Waals surface area contributed by atoms with Crippen molar-refractivity contribution < 1.29 is 28.6 Å². The number of halogens is 2. The number of ketones is 2. The van der Waals surface area contributed by atoms with Crippen molar-refractivity contribution in [1.82, 2.24) is 0 Å². The summed E-state index contributed by atoms with van der Waals surface area (Å²) in [6.07, 6.45) is 0. The van der Waals surface area contributed by atoms with Gasteiger partial charge >= 0.3 is 0 Å². The summed E-state index contributed by atoms with van der Waals surface area (Å²) in [6.45, 7) is 16.0. The fourth-order valence-corrected chi connectivity index (χ4v) is 6.28. The SMILES string of the molecule is CC(C)c1cccc(C(C)C)c1Nc1c(F)c2c(c(F)c1Nc1c(C(C)C)cccc1C(C)C)C(=O)c1c(O)ccc(O)c1C2=O. The molecule has 46 heavy (non-hydrogen) atoms. The summed E-state index contributed by atoms with van der Waals surface area (Å²) in [6, 6.07) is 13.6. The molecule has 4 aromatic rings. The van der Waals surface area contributed by atoms with E-state index in [1.165, 1.54) is 0 Å². The fraction of sp³-hybridized carbons (Fsp3) is 0.316. The number of benzene rings is 4. The molecule has 6 nitrogen and oxygen atoms in total. The predicted molar refractivity (Wildman–Crippen MR) is 179 cm³/mol. The van der Waals surface area contributed by atoms with Gasteiger partial charge in [0.25, 0.3) is 0 Å². The molecule has 0 amide bonds. The molecule has 0 aromatic heterocycles. The standard InChI is InChI=1S/C38H40F2N2O4/c1-17(2)21-11-9-12-22(18(3)4)33(21)41-35-31(39)29-30(38(46)28-26(44)16-15-25(43)27(28)37(29)45)32(40)36(35)42-34-23(19(5)6)13-10-14-24(34)20(7)8/h9-20,41-44H,1-8H3. The smallest absolute Gasteiger partial charge is 0.201 e. The van der Waals surface area contributed by atoms with E-state index < -0.39 is 57.0 Å². The molecule has 0 spiro atoms. The minimum Gasteiger partial charge on any atom is -0.507 e. The first-order chi connectivity index (χ1) is 21.7. The molecule has 0 saturated heterocycles. The van der Waals surface area contributed by atoms with Gasteiger partial charge in [-0.15, -0.1) is 0 Å². The summed E-state index contributed by atoms with van der Waals surface area (Å²) in [5, 5.41) is 27.4. The summed E-state index contributed by atoms with van der Waals surface area (Å²) in [5.74, 6) is -5.70. The number of para-hydroxylation sites is 2. The van der Waals surface area contributed by atoms with Crippen LogP contribution >= 0.6 is 0 Å². The van der Waals surface area contributed by atoms with Crippen LogP contribution in [-0.2, 0) is 0 Å². The number of phenolic OH excluding ortho intramolecular Hbond substituents is 2. The van der Waals surface area contributed by atoms with Crippen LogP contribution in [0, 0.1) is 11.6 Å². The Bertz CT molecular complexity index is 1710. The lowest BCUT2D eigenvalue weighted by Gasteiger charge is -2.28. The molecular formula is C38H40F2N2O4. The molecule has 8 heteroatoms. The molecule has 4 N–H and O–H groups in total. The van der Waals surface area contributed by atoms with Crippen molar-refractivity contribution in [3.63, 3.8) is 0 Å². The van der Waals surface area contributed by atoms with E-state index in [2.05, 4.69) is 10.6 Å². The van der Waals surface area contributed by atoms with Crippen LogP contribution in [0.5, 0.6) is 11.5 Å². The van der Waals surface area contributed by atoms with Crippen molar-refractivity contribution in [2.45, 2.75) is 79.1 Å². The van der Waals surface area contributed by atoms with E-state index in [4.69, 9.17) is 0 Å². The zero-order valence-corrected chi connectivity index (χ0v) is 27.4. The van der Waals surface area contributed by atoms with Crippen molar-refractivity contribution in [3.8, 4) is 11.5 Å². The molecule has 0 unspecified atom stereocenters. The van der Waals surface area contributed by atoms with Crippen LogP contribution in [0.3, 0.4) is 0 Å². The number of carbonyl (C=O) groups excluding carboxylic acids is 2. The molecular weight excluding hydrogens is 586 g/mol. The Morgan fingerprint density at radius 1 is 0.478 bits per heavy atom. The van der Waals surface area contributed by atoms with Crippen molar-refractivity contribution in [1.29, 1.82) is 0 Å². The second-order valence-electron chi connectivity index (χ2n) is 13.1. The van der Waals surface area contributed by atoms with Gasteiger partial charge in [0, 0.05) is 11.4 Å². The first-order valence-corrected chi connectivity index (χ1v) is 15.7. The summed E-state index contributed by atoms with van der Waals surface area (Å²) in [7, 11) is 0. The number of hydrogen-bond donors (Lipinski definition) is 4. The van der Waals surface area contributed by atoms with Crippen LogP contribution < -0.4 is 10.6 Å². The third kappa shape index (κ3) is 5.29. The van der Waals surface area contributed by atoms with E-state index in [1.807, 2.05) is 91.8 Å².